The summed E-state index contributed by atoms with van der Waals surface area (Å²) < 4.78 is 0. The Hall–Kier alpha value is -0.880. The van der Waals surface area contributed by atoms with E-state index < -0.39 is 0 Å². The molecular weight excluding hydrogens is 188 g/mol. The second kappa shape index (κ2) is 5.87. The minimum absolute atomic E-state index is 0.0160. The zero-order valence-corrected chi connectivity index (χ0v) is 10.5. The van der Waals surface area contributed by atoms with Gasteiger partial charge in [0.15, 0.2) is 5.78 Å². The highest BCUT2D eigenvalue weighted by Gasteiger charge is 2.23. The Kier molecular flexibility index (Phi) is 5.53. The molecule has 0 aliphatic rings. The average molecular weight is 210 g/mol. The van der Waals surface area contributed by atoms with Gasteiger partial charge in [-0.3, -0.25) is 9.69 Å². The predicted molar refractivity (Wildman–Crippen MR) is 61.4 cm³/mol. The van der Waals surface area contributed by atoms with E-state index in [1.165, 1.54) is 0 Å². The van der Waals surface area contributed by atoms with Crippen LogP contribution in [0, 0.1) is 22.7 Å². The Morgan fingerprint density at radius 1 is 1.47 bits per heavy atom. The normalized spacial score (nSPS) is 13.7. The van der Waals surface area contributed by atoms with Crippen molar-refractivity contribution in [1.29, 1.82) is 5.26 Å². The lowest BCUT2D eigenvalue weighted by Gasteiger charge is -2.25. The van der Waals surface area contributed by atoms with Gasteiger partial charge in [0.25, 0.3) is 0 Å². The Bertz CT molecular complexity index is 247. The molecule has 0 saturated carbocycles. The quantitative estimate of drug-likeness (QED) is 0.698. The number of carbonyl (C=O) groups excluding carboxylic acids is 1. The van der Waals surface area contributed by atoms with Gasteiger partial charge in [0.2, 0.25) is 0 Å². The smallest absolute Gasteiger partial charge is 0.152 e. The maximum Gasteiger partial charge on any atom is 0.152 e. The van der Waals surface area contributed by atoms with E-state index in [1.54, 1.807) is 0 Å². The van der Waals surface area contributed by atoms with Crippen molar-refractivity contribution in [2.75, 3.05) is 19.6 Å². The van der Waals surface area contributed by atoms with Crippen molar-refractivity contribution in [2.24, 2.45) is 11.3 Å². The maximum absolute atomic E-state index is 11.8. The topological polar surface area (TPSA) is 44.1 Å². The van der Waals surface area contributed by atoms with Crippen LogP contribution in [-0.2, 0) is 4.79 Å². The molecule has 0 heterocycles. The van der Waals surface area contributed by atoms with Crippen LogP contribution in [0.25, 0.3) is 0 Å². The third-order valence-corrected chi connectivity index (χ3v) is 2.40. The van der Waals surface area contributed by atoms with Gasteiger partial charge in [0, 0.05) is 12.0 Å². The van der Waals surface area contributed by atoms with Crippen molar-refractivity contribution in [2.45, 2.75) is 34.6 Å². The molecule has 0 saturated heterocycles. The first kappa shape index (κ1) is 14.1. The van der Waals surface area contributed by atoms with Crippen LogP contribution in [0.2, 0.25) is 0 Å². The monoisotopic (exact) mass is 210 g/mol. The van der Waals surface area contributed by atoms with Gasteiger partial charge in [-0.05, 0) is 13.5 Å². The van der Waals surface area contributed by atoms with Crippen LogP contribution in [0.15, 0.2) is 0 Å². The van der Waals surface area contributed by atoms with E-state index in [0.717, 1.165) is 6.54 Å². The minimum Gasteiger partial charge on any atom is -0.298 e. The summed E-state index contributed by atoms with van der Waals surface area (Å²) in [5.74, 6) is 0.215. The summed E-state index contributed by atoms with van der Waals surface area (Å²) in [5, 5.41) is 8.71. The number of nitrogens with zero attached hydrogens (tertiary/aromatic N) is 2. The van der Waals surface area contributed by atoms with E-state index in [2.05, 4.69) is 6.07 Å². The summed E-state index contributed by atoms with van der Waals surface area (Å²) in [6, 6.07) is 2.19. The fourth-order valence-corrected chi connectivity index (χ4v) is 1.17. The number of hydrogen-bond acceptors (Lipinski definition) is 3. The molecule has 0 fully saturated rings. The molecule has 3 heteroatoms. The first-order valence-electron chi connectivity index (χ1n) is 5.46. The second-order valence-corrected chi connectivity index (χ2v) is 5.03. The van der Waals surface area contributed by atoms with Gasteiger partial charge in [0.05, 0.1) is 18.5 Å². The molecule has 0 aromatic carbocycles. The van der Waals surface area contributed by atoms with Crippen molar-refractivity contribution >= 4 is 5.78 Å². The molecule has 0 aliphatic heterocycles. The number of Topliss-reactive ketones (excluding diaryl/α,β-unsaturated/α-hetero) is 1. The lowest BCUT2D eigenvalue weighted by molar-refractivity contribution is -0.127. The van der Waals surface area contributed by atoms with Crippen LogP contribution in [0.4, 0.5) is 0 Å². The van der Waals surface area contributed by atoms with Gasteiger partial charge in [-0.1, -0.05) is 27.7 Å². The lowest BCUT2D eigenvalue weighted by Crippen LogP contribution is -2.37. The van der Waals surface area contributed by atoms with E-state index in [-0.39, 0.29) is 17.1 Å². The van der Waals surface area contributed by atoms with Crippen molar-refractivity contribution in [3.05, 3.63) is 0 Å². The molecule has 0 N–H and O–H groups in total. The van der Waals surface area contributed by atoms with Crippen molar-refractivity contribution in [3.8, 4) is 6.07 Å². The first-order valence-corrected chi connectivity index (χ1v) is 5.46. The third-order valence-electron chi connectivity index (χ3n) is 2.40. The molecule has 0 aromatic heterocycles. The van der Waals surface area contributed by atoms with Gasteiger partial charge in [0.1, 0.15) is 0 Å². The van der Waals surface area contributed by atoms with Gasteiger partial charge >= 0.3 is 0 Å². The van der Waals surface area contributed by atoms with Gasteiger partial charge < -0.3 is 0 Å². The van der Waals surface area contributed by atoms with Crippen LogP contribution >= 0.6 is 0 Å². The molecule has 1 atom stereocenters. The van der Waals surface area contributed by atoms with E-state index in [9.17, 15) is 4.79 Å². The molecule has 0 aromatic rings. The SMILES string of the molecule is CCN(CC(=O)C(C)(C)C)CC(C)C#N. The van der Waals surface area contributed by atoms with Crippen LogP contribution in [0.3, 0.4) is 0 Å². The Labute approximate surface area is 93.1 Å². The van der Waals surface area contributed by atoms with Crippen LogP contribution < -0.4 is 0 Å². The summed E-state index contributed by atoms with van der Waals surface area (Å²) in [7, 11) is 0. The number of hydrogen-bond donors (Lipinski definition) is 0. The minimum atomic E-state index is -0.288. The Balaban J connectivity index is 4.24. The van der Waals surface area contributed by atoms with E-state index in [1.807, 2.05) is 39.5 Å². The average Bonchev–Trinajstić information content (AvgIpc) is 2.14. The van der Waals surface area contributed by atoms with Crippen molar-refractivity contribution in [1.82, 2.24) is 4.90 Å². The number of likely N-dealkylation sites (N-methyl/N-ethyl adjacent to an activating group) is 1. The van der Waals surface area contributed by atoms with E-state index in [4.69, 9.17) is 5.26 Å². The molecular formula is C12H22N2O. The molecule has 0 radical (unpaired) electrons. The highest BCUT2D eigenvalue weighted by molar-refractivity contribution is 5.85. The van der Waals surface area contributed by atoms with Crippen molar-refractivity contribution in [3.63, 3.8) is 0 Å². The van der Waals surface area contributed by atoms with Crippen molar-refractivity contribution < 1.29 is 4.79 Å². The highest BCUT2D eigenvalue weighted by Crippen LogP contribution is 2.15. The highest BCUT2D eigenvalue weighted by atomic mass is 16.1. The van der Waals surface area contributed by atoms with Gasteiger partial charge in [-0.15, -0.1) is 0 Å². The summed E-state index contributed by atoms with van der Waals surface area (Å²) in [5.41, 5.74) is -0.288. The van der Waals surface area contributed by atoms with Crippen LogP contribution in [0.5, 0.6) is 0 Å². The summed E-state index contributed by atoms with van der Waals surface area (Å²) in [4.78, 5) is 13.8. The predicted octanol–water partition coefficient (Wildman–Crippen LogP) is 2.08. The molecule has 15 heavy (non-hydrogen) atoms. The lowest BCUT2D eigenvalue weighted by atomic mass is 9.90. The van der Waals surface area contributed by atoms with Crippen LogP contribution in [-0.4, -0.2) is 30.3 Å². The number of ketones is 1. The maximum atomic E-state index is 11.8. The van der Waals surface area contributed by atoms with E-state index >= 15 is 0 Å². The molecule has 0 spiro atoms. The Morgan fingerprint density at radius 3 is 2.33 bits per heavy atom. The second-order valence-electron chi connectivity index (χ2n) is 5.03. The number of nitriles is 1. The molecule has 86 valence electrons. The standard InChI is InChI=1S/C12H22N2O/c1-6-14(8-10(2)7-13)9-11(15)12(3,4)5/h10H,6,8-9H2,1-5H3. The zero-order valence-electron chi connectivity index (χ0n) is 10.5. The first-order chi connectivity index (χ1) is 6.81. The Morgan fingerprint density at radius 2 is 2.00 bits per heavy atom. The van der Waals surface area contributed by atoms with E-state index in [0.29, 0.717) is 13.1 Å². The summed E-state index contributed by atoms with van der Waals surface area (Å²) in [6.45, 7) is 11.6. The third kappa shape index (κ3) is 5.54. The molecule has 0 amide bonds. The fraction of sp³-hybridized carbons (Fsp3) is 0.833. The summed E-state index contributed by atoms with van der Waals surface area (Å²) in [6.07, 6.45) is 0. The largest absolute Gasteiger partial charge is 0.298 e. The molecule has 3 nitrogen and oxygen atoms in total. The summed E-state index contributed by atoms with van der Waals surface area (Å²) >= 11 is 0. The fourth-order valence-electron chi connectivity index (χ4n) is 1.17. The molecule has 1 unspecified atom stereocenters. The zero-order chi connectivity index (χ0) is 12.1. The van der Waals surface area contributed by atoms with Crippen LogP contribution in [0.1, 0.15) is 34.6 Å². The molecule has 0 rings (SSSR count). The number of carbonyl (C=O) groups is 1. The molecule has 0 aliphatic carbocycles. The molecule has 0 bridgehead atoms. The van der Waals surface area contributed by atoms with Gasteiger partial charge in [-0.25, -0.2) is 0 Å². The van der Waals surface area contributed by atoms with Gasteiger partial charge in [-0.2, -0.15) is 5.26 Å². The number of rotatable bonds is 5.